The van der Waals surface area contributed by atoms with Crippen LogP contribution in [0, 0.1) is 6.92 Å². The molecule has 5 nitrogen and oxygen atoms in total. The van der Waals surface area contributed by atoms with Crippen LogP contribution in [0.25, 0.3) is 11.0 Å². The Hall–Kier alpha value is -2.43. The molecule has 0 saturated carbocycles. The lowest BCUT2D eigenvalue weighted by Crippen LogP contribution is -2.11. The molecule has 0 aliphatic carbocycles. The molecule has 0 unspecified atom stereocenters. The molecule has 1 aromatic heterocycles. The van der Waals surface area contributed by atoms with Gasteiger partial charge in [0.15, 0.2) is 11.4 Å². The number of hydrogen-bond acceptors (Lipinski definition) is 5. The van der Waals surface area contributed by atoms with E-state index in [-0.39, 0.29) is 29.1 Å². The Bertz CT molecular complexity index is 785. The molecular formula is C17H18O5. The van der Waals surface area contributed by atoms with Gasteiger partial charge in [-0.2, -0.15) is 0 Å². The van der Waals surface area contributed by atoms with Crippen LogP contribution in [0.1, 0.15) is 49.0 Å². The molecule has 0 bridgehead atoms. The fourth-order valence-electron chi connectivity index (χ4n) is 2.28. The topological polar surface area (TPSA) is 73.6 Å². The maximum absolute atomic E-state index is 11.9. The number of benzene rings is 1. The number of esters is 1. The van der Waals surface area contributed by atoms with E-state index in [4.69, 9.17) is 9.15 Å². The molecule has 116 valence electrons. The Morgan fingerprint density at radius 3 is 2.64 bits per heavy atom. The van der Waals surface area contributed by atoms with Crippen molar-refractivity contribution in [1.82, 2.24) is 0 Å². The number of ether oxygens (including phenoxy) is 1. The Labute approximate surface area is 127 Å². The van der Waals surface area contributed by atoms with Crippen LogP contribution in [0.15, 0.2) is 27.4 Å². The van der Waals surface area contributed by atoms with Gasteiger partial charge in [-0.05, 0) is 38.0 Å². The quantitative estimate of drug-likeness (QED) is 0.366. The largest absolute Gasteiger partial charge is 0.426 e. The number of carbonyl (C=O) groups is 2. The molecule has 0 fully saturated rings. The highest BCUT2D eigenvalue weighted by molar-refractivity contribution is 6.08. The van der Waals surface area contributed by atoms with Crippen LogP contribution in [0.2, 0.25) is 0 Å². The zero-order valence-electron chi connectivity index (χ0n) is 12.9. The van der Waals surface area contributed by atoms with Crippen molar-refractivity contribution in [3.8, 4) is 5.75 Å². The summed E-state index contributed by atoms with van der Waals surface area (Å²) in [6.45, 7) is 5.08. The lowest BCUT2D eigenvalue weighted by atomic mass is 10.0. The van der Waals surface area contributed by atoms with Gasteiger partial charge >= 0.3 is 11.6 Å². The van der Waals surface area contributed by atoms with Gasteiger partial charge in [-0.1, -0.05) is 13.3 Å². The van der Waals surface area contributed by atoms with E-state index in [0.29, 0.717) is 10.9 Å². The van der Waals surface area contributed by atoms with Gasteiger partial charge in [-0.3, -0.25) is 9.59 Å². The van der Waals surface area contributed by atoms with E-state index in [1.807, 2.05) is 6.92 Å². The number of aryl methyl sites for hydroxylation is 1. The summed E-state index contributed by atoms with van der Waals surface area (Å²) in [6, 6.07) is 4.61. The molecule has 2 aromatic rings. The first-order valence-electron chi connectivity index (χ1n) is 7.23. The van der Waals surface area contributed by atoms with Gasteiger partial charge in [0.05, 0.1) is 0 Å². The molecule has 0 spiro atoms. The second kappa shape index (κ2) is 6.56. The van der Waals surface area contributed by atoms with Crippen molar-refractivity contribution in [2.45, 2.75) is 40.0 Å². The minimum absolute atomic E-state index is 0.128. The molecule has 0 saturated heterocycles. The molecule has 0 atom stereocenters. The molecule has 1 heterocycles. The van der Waals surface area contributed by atoms with E-state index in [2.05, 4.69) is 0 Å². The maximum atomic E-state index is 11.9. The number of carbonyl (C=O) groups excluding carboxylic acids is 2. The van der Waals surface area contributed by atoms with Crippen LogP contribution in [0.4, 0.5) is 0 Å². The highest BCUT2D eigenvalue weighted by atomic mass is 16.5. The number of rotatable bonds is 5. The molecule has 1 aromatic carbocycles. The maximum Gasteiger partial charge on any atom is 0.336 e. The molecule has 0 N–H and O–H groups in total. The fourth-order valence-corrected chi connectivity index (χ4v) is 2.28. The average molecular weight is 302 g/mol. The first-order chi connectivity index (χ1) is 10.4. The average Bonchev–Trinajstić information content (AvgIpc) is 2.44. The summed E-state index contributed by atoms with van der Waals surface area (Å²) in [5.74, 6) is -0.591. The van der Waals surface area contributed by atoms with Crippen LogP contribution < -0.4 is 10.4 Å². The summed E-state index contributed by atoms with van der Waals surface area (Å²) in [5.41, 5.74) is 0.459. The third kappa shape index (κ3) is 3.24. The second-order valence-corrected chi connectivity index (χ2v) is 5.20. The smallest absolute Gasteiger partial charge is 0.336 e. The summed E-state index contributed by atoms with van der Waals surface area (Å²) >= 11 is 0. The summed E-state index contributed by atoms with van der Waals surface area (Å²) in [7, 11) is 0. The van der Waals surface area contributed by atoms with Gasteiger partial charge in [0.2, 0.25) is 0 Å². The van der Waals surface area contributed by atoms with Crippen LogP contribution >= 0.6 is 0 Å². The fraction of sp³-hybridized carbons (Fsp3) is 0.353. The molecule has 0 radical (unpaired) electrons. The van der Waals surface area contributed by atoms with Crippen molar-refractivity contribution in [2.24, 2.45) is 0 Å². The third-order valence-corrected chi connectivity index (χ3v) is 3.39. The predicted octanol–water partition coefficient (Wildman–Crippen LogP) is 3.40. The Kier molecular flexibility index (Phi) is 4.75. The summed E-state index contributed by atoms with van der Waals surface area (Å²) in [6.07, 6.45) is 1.88. The van der Waals surface area contributed by atoms with Gasteiger partial charge < -0.3 is 9.15 Å². The first kappa shape index (κ1) is 15.9. The minimum atomic E-state index is -0.540. The van der Waals surface area contributed by atoms with Crippen LogP contribution in [-0.2, 0) is 4.79 Å². The predicted molar refractivity (Wildman–Crippen MR) is 82.4 cm³/mol. The van der Waals surface area contributed by atoms with Gasteiger partial charge in [0.25, 0.3) is 0 Å². The lowest BCUT2D eigenvalue weighted by molar-refractivity contribution is -0.134. The molecule has 0 aliphatic heterocycles. The highest BCUT2D eigenvalue weighted by Crippen LogP contribution is 2.29. The van der Waals surface area contributed by atoms with Crippen LogP contribution in [0.5, 0.6) is 5.75 Å². The highest BCUT2D eigenvalue weighted by Gasteiger charge is 2.19. The molecule has 22 heavy (non-hydrogen) atoms. The number of ketones is 1. The van der Waals surface area contributed by atoms with Crippen molar-refractivity contribution < 1.29 is 18.7 Å². The number of Topliss-reactive ketones (excluding diaryl/α,β-unsaturated/α-hetero) is 1. The normalized spacial score (nSPS) is 10.7. The Balaban J connectivity index is 2.56. The molecular weight excluding hydrogens is 284 g/mol. The van der Waals surface area contributed by atoms with Crippen molar-refractivity contribution in [3.63, 3.8) is 0 Å². The van der Waals surface area contributed by atoms with Gasteiger partial charge in [0, 0.05) is 17.9 Å². The van der Waals surface area contributed by atoms with Gasteiger partial charge in [-0.25, -0.2) is 4.79 Å². The molecule has 2 rings (SSSR count). The van der Waals surface area contributed by atoms with Crippen LogP contribution in [-0.4, -0.2) is 11.8 Å². The monoisotopic (exact) mass is 302 g/mol. The van der Waals surface area contributed by atoms with Crippen molar-refractivity contribution in [3.05, 3.63) is 39.7 Å². The number of unbranched alkanes of at least 4 members (excludes halogenated alkanes) is 1. The second-order valence-electron chi connectivity index (χ2n) is 5.20. The van der Waals surface area contributed by atoms with E-state index in [0.717, 1.165) is 12.8 Å². The Morgan fingerprint density at radius 2 is 2.00 bits per heavy atom. The van der Waals surface area contributed by atoms with E-state index >= 15 is 0 Å². The molecule has 0 aliphatic rings. The molecule has 5 heteroatoms. The van der Waals surface area contributed by atoms with E-state index < -0.39 is 11.6 Å². The number of fused-ring (bicyclic) bond motifs is 1. The third-order valence-electron chi connectivity index (χ3n) is 3.39. The zero-order chi connectivity index (χ0) is 16.3. The van der Waals surface area contributed by atoms with Crippen molar-refractivity contribution in [2.75, 3.05) is 0 Å². The molecule has 0 amide bonds. The summed E-state index contributed by atoms with van der Waals surface area (Å²) in [4.78, 5) is 35.3. The van der Waals surface area contributed by atoms with Crippen molar-refractivity contribution in [1.29, 1.82) is 0 Å². The summed E-state index contributed by atoms with van der Waals surface area (Å²) in [5, 5.41) is 0.651. The SMILES string of the molecule is CCCCC(=O)Oc1ccc2c(C)cc(=O)oc2c1C(C)=O. The van der Waals surface area contributed by atoms with E-state index in [1.165, 1.54) is 13.0 Å². The van der Waals surface area contributed by atoms with Crippen molar-refractivity contribution >= 4 is 22.7 Å². The summed E-state index contributed by atoms with van der Waals surface area (Å²) < 4.78 is 10.4. The minimum Gasteiger partial charge on any atom is -0.426 e. The standard InChI is InChI=1S/C17H18O5/c1-4-5-6-14(19)21-13-8-7-12-10(2)9-15(20)22-17(12)16(13)11(3)18/h7-9H,4-6H2,1-3H3. The Morgan fingerprint density at radius 1 is 1.27 bits per heavy atom. The number of hydrogen-bond donors (Lipinski definition) is 0. The lowest BCUT2D eigenvalue weighted by Gasteiger charge is -2.11. The van der Waals surface area contributed by atoms with Crippen LogP contribution in [0.3, 0.4) is 0 Å². The van der Waals surface area contributed by atoms with Gasteiger partial charge in [0.1, 0.15) is 11.3 Å². The zero-order valence-corrected chi connectivity index (χ0v) is 12.9. The van der Waals surface area contributed by atoms with E-state index in [1.54, 1.807) is 19.1 Å². The van der Waals surface area contributed by atoms with Gasteiger partial charge in [-0.15, -0.1) is 0 Å². The van der Waals surface area contributed by atoms with E-state index in [9.17, 15) is 14.4 Å². The first-order valence-corrected chi connectivity index (χ1v) is 7.23.